The number of aryl methyl sites for hydroxylation is 2. The number of allylic oxidation sites excluding steroid dienone is 1. The molecule has 1 aliphatic rings. The molecule has 1 atom stereocenters. The number of benzene rings is 3. The Hall–Kier alpha value is -4.59. The zero-order chi connectivity index (χ0) is 26.6. The van der Waals surface area contributed by atoms with Gasteiger partial charge in [-0.1, -0.05) is 54.1 Å². The number of carbonyl (C=O) groups is 1. The van der Waals surface area contributed by atoms with Gasteiger partial charge in [0.1, 0.15) is 12.4 Å². The number of hydrogen-bond donors (Lipinski definition) is 2. The molecule has 8 heteroatoms. The second-order valence-electron chi connectivity index (χ2n) is 9.36. The van der Waals surface area contributed by atoms with Crippen molar-refractivity contribution in [2.45, 2.75) is 33.2 Å². The lowest BCUT2D eigenvalue weighted by atomic mass is 9.94. The van der Waals surface area contributed by atoms with E-state index in [2.05, 4.69) is 32.8 Å². The predicted molar refractivity (Wildman–Crippen MR) is 148 cm³/mol. The molecule has 0 radical (unpaired) electrons. The molecular formula is C30H31N5O3. The van der Waals surface area contributed by atoms with Crippen LogP contribution in [0.1, 0.15) is 35.2 Å². The average molecular weight is 510 g/mol. The standard InChI is InChI=1S/C30H31N5O3/c1-19-10-12-24(20(2)16-19)34-29(36)27-21(3)33-30-31-18-32-35(30)28(27)23-11-13-25(26(17-23)37-4)38-15-14-22-8-6-5-7-9-22/h5-13,16-18,28H,14-15H2,1-4H3,(H,34,36)(H,31,32,33). The second kappa shape index (κ2) is 10.8. The molecule has 0 saturated carbocycles. The van der Waals surface area contributed by atoms with Crippen molar-refractivity contribution >= 4 is 17.5 Å². The minimum atomic E-state index is -0.508. The molecule has 0 bridgehead atoms. The molecule has 0 saturated heterocycles. The Balaban J connectivity index is 1.44. The van der Waals surface area contributed by atoms with Crippen LogP contribution in [0.5, 0.6) is 11.5 Å². The Bertz CT molecular complexity index is 1490. The molecule has 0 fully saturated rings. The molecule has 1 aromatic heterocycles. The molecule has 3 aromatic carbocycles. The number of fused-ring (bicyclic) bond motifs is 1. The zero-order valence-corrected chi connectivity index (χ0v) is 22.0. The van der Waals surface area contributed by atoms with Gasteiger partial charge in [0.05, 0.1) is 19.3 Å². The van der Waals surface area contributed by atoms with Gasteiger partial charge in [-0.05, 0) is 55.7 Å². The van der Waals surface area contributed by atoms with Gasteiger partial charge in [-0.25, -0.2) is 4.68 Å². The minimum Gasteiger partial charge on any atom is -0.493 e. The van der Waals surface area contributed by atoms with Gasteiger partial charge >= 0.3 is 0 Å². The topological polar surface area (TPSA) is 90.3 Å². The van der Waals surface area contributed by atoms with Crippen LogP contribution >= 0.6 is 0 Å². The number of carbonyl (C=O) groups excluding carboxylic acids is 1. The predicted octanol–water partition coefficient (Wildman–Crippen LogP) is 5.45. The lowest BCUT2D eigenvalue weighted by molar-refractivity contribution is -0.113. The van der Waals surface area contributed by atoms with Crippen LogP contribution in [0, 0.1) is 13.8 Å². The van der Waals surface area contributed by atoms with Gasteiger partial charge in [0, 0.05) is 17.8 Å². The van der Waals surface area contributed by atoms with Crippen molar-refractivity contribution in [2.24, 2.45) is 0 Å². The third kappa shape index (κ3) is 5.11. The van der Waals surface area contributed by atoms with Crippen molar-refractivity contribution in [1.82, 2.24) is 14.8 Å². The molecule has 1 aliphatic heterocycles. The molecular weight excluding hydrogens is 478 g/mol. The van der Waals surface area contributed by atoms with Crippen molar-refractivity contribution in [1.29, 1.82) is 0 Å². The molecule has 5 rings (SSSR count). The highest BCUT2D eigenvalue weighted by atomic mass is 16.5. The summed E-state index contributed by atoms with van der Waals surface area (Å²) in [5.74, 6) is 1.58. The fourth-order valence-electron chi connectivity index (χ4n) is 4.73. The Morgan fingerprint density at radius 3 is 2.61 bits per heavy atom. The van der Waals surface area contributed by atoms with Gasteiger partial charge in [0.25, 0.3) is 5.91 Å². The van der Waals surface area contributed by atoms with E-state index in [9.17, 15) is 4.79 Å². The molecule has 1 amide bonds. The number of anilines is 2. The van der Waals surface area contributed by atoms with E-state index in [0.717, 1.165) is 28.8 Å². The maximum absolute atomic E-state index is 13.7. The van der Waals surface area contributed by atoms with Crippen LogP contribution < -0.4 is 20.1 Å². The van der Waals surface area contributed by atoms with Crippen LogP contribution in [0.4, 0.5) is 11.6 Å². The SMILES string of the molecule is COc1cc(C2C(C(=O)Nc3ccc(C)cc3C)=C(C)Nc3ncnn32)ccc1OCCc1ccccc1. The van der Waals surface area contributed by atoms with Crippen molar-refractivity contribution in [3.05, 3.63) is 107 Å². The number of methoxy groups -OCH3 is 1. The first-order valence-corrected chi connectivity index (χ1v) is 12.5. The number of rotatable bonds is 8. The van der Waals surface area contributed by atoms with E-state index in [4.69, 9.17) is 9.47 Å². The van der Waals surface area contributed by atoms with E-state index in [1.165, 1.54) is 11.9 Å². The van der Waals surface area contributed by atoms with Gasteiger partial charge < -0.3 is 20.1 Å². The lowest BCUT2D eigenvalue weighted by Crippen LogP contribution is -2.31. The summed E-state index contributed by atoms with van der Waals surface area (Å²) in [6.07, 6.45) is 2.26. The van der Waals surface area contributed by atoms with Crippen LogP contribution in [0.3, 0.4) is 0 Å². The average Bonchev–Trinajstić information content (AvgIpc) is 3.38. The summed E-state index contributed by atoms with van der Waals surface area (Å²) in [6, 6.07) is 21.4. The smallest absolute Gasteiger partial charge is 0.255 e. The van der Waals surface area contributed by atoms with Crippen molar-refractivity contribution in [2.75, 3.05) is 24.4 Å². The van der Waals surface area contributed by atoms with Crippen molar-refractivity contribution < 1.29 is 14.3 Å². The summed E-state index contributed by atoms with van der Waals surface area (Å²) in [4.78, 5) is 18.0. The fraction of sp³-hybridized carbons (Fsp3) is 0.233. The first-order chi connectivity index (χ1) is 18.4. The lowest BCUT2D eigenvalue weighted by Gasteiger charge is -2.29. The van der Waals surface area contributed by atoms with Crippen LogP contribution in [-0.4, -0.2) is 34.4 Å². The molecule has 38 heavy (non-hydrogen) atoms. The number of nitrogens with one attached hydrogen (secondary N) is 2. The Labute approximate surface area is 222 Å². The highest BCUT2D eigenvalue weighted by molar-refractivity contribution is 6.06. The highest BCUT2D eigenvalue weighted by Gasteiger charge is 2.34. The fourth-order valence-corrected chi connectivity index (χ4v) is 4.73. The molecule has 0 spiro atoms. The monoisotopic (exact) mass is 509 g/mol. The summed E-state index contributed by atoms with van der Waals surface area (Å²) < 4.78 is 13.5. The number of ether oxygens (including phenoxy) is 2. The molecule has 0 aliphatic carbocycles. The number of amides is 1. The summed E-state index contributed by atoms with van der Waals surface area (Å²) in [6.45, 7) is 6.40. The highest BCUT2D eigenvalue weighted by Crippen LogP contribution is 2.39. The normalized spacial score (nSPS) is 14.5. The van der Waals surface area contributed by atoms with Crippen LogP contribution in [0.25, 0.3) is 0 Å². The van der Waals surface area contributed by atoms with E-state index in [-0.39, 0.29) is 5.91 Å². The van der Waals surface area contributed by atoms with E-state index in [1.807, 2.05) is 75.4 Å². The molecule has 4 aromatic rings. The van der Waals surface area contributed by atoms with Gasteiger partial charge in [-0.2, -0.15) is 10.1 Å². The Morgan fingerprint density at radius 2 is 1.84 bits per heavy atom. The van der Waals surface area contributed by atoms with Gasteiger partial charge in [0.2, 0.25) is 5.95 Å². The first kappa shape index (κ1) is 25.1. The van der Waals surface area contributed by atoms with E-state index >= 15 is 0 Å². The zero-order valence-electron chi connectivity index (χ0n) is 22.0. The largest absolute Gasteiger partial charge is 0.493 e. The Kier molecular flexibility index (Phi) is 7.13. The van der Waals surface area contributed by atoms with Gasteiger partial charge in [0.15, 0.2) is 11.5 Å². The summed E-state index contributed by atoms with van der Waals surface area (Å²) in [5, 5.41) is 10.7. The van der Waals surface area contributed by atoms with E-state index < -0.39 is 6.04 Å². The second-order valence-corrected chi connectivity index (χ2v) is 9.36. The van der Waals surface area contributed by atoms with Gasteiger partial charge in [-0.3, -0.25) is 4.79 Å². The van der Waals surface area contributed by atoms with Crippen LogP contribution in [0.15, 0.2) is 84.3 Å². The molecule has 194 valence electrons. The third-order valence-electron chi connectivity index (χ3n) is 6.66. The quantitative estimate of drug-likeness (QED) is 0.328. The number of nitrogens with zero attached hydrogens (tertiary/aromatic N) is 3. The first-order valence-electron chi connectivity index (χ1n) is 12.5. The maximum atomic E-state index is 13.7. The molecule has 1 unspecified atom stereocenters. The molecule has 2 N–H and O–H groups in total. The van der Waals surface area contributed by atoms with Gasteiger partial charge in [-0.15, -0.1) is 0 Å². The summed E-state index contributed by atoms with van der Waals surface area (Å²) >= 11 is 0. The molecule has 8 nitrogen and oxygen atoms in total. The summed E-state index contributed by atoms with van der Waals surface area (Å²) in [7, 11) is 1.61. The molecule has 2 heterocycles. The van der Waals surface area contributed by atoms with Crippen LogP contribution in [-0.2, 0) is 11.2 Å². The third-order valence-corrected chi connectivity index (χ3v) is 6.66. The number of hydrogen-bond acceptors (Lipinski definition) is 6. The Morgan fingerprint density at radius 1 is 1.03 bits per heavy atom. The number of aromatic nitrogens is 3. The van der Waals surface area contributed by atoms with E-state index in [0.29, 0.717) is 35.3 Å². The maximum Gasteiger partial charge on any atom is 0.255 e. The summed E-state index contributed by atoms with van der Waals surface area (Å²) in [5.41, 5.74) is 6.19. The van der Waals surface area contributed by atoms with Crippen molar-refractivity contribution in [3.8, 4) is 11.5 Å². The minimum absolute atomic E-state index is 0.213. The van der Waals surface area contributed by atoms with E-state index in [1.54, 1.807) is 11.8 Å². The van der Waals surface area contributed by atoms with Crippen molar-refractivity contribution in [3.63, 3.8) is 0 Å². The van der Waals surface area contributed by atoms with Crippen LogP contribution in [0.2, 0.25) is 0 Å².